The summed E-state index contributed by atoms with van der Waals surface area (Å²) >= 11 is 0. The number of methoxy groups -OCH3 is 5. The van der Waals surface area contributed by atoms with Crippen LogP contribution in [0, 0.1) is 5.92 Å². The van der Waals surface area contributed by atoms with E-state index >= 15 is 0 Å². The third-order valence-corrected chi connectivity index (χ3v) is 7.89. The summed E-state index contributed by atoms with van der Waals surface area (Å²) in [4.78, 5) is 59.9. The summed E-state index contributed by atoms with van der Waals surface area (Å²) in [5, 5.41) is 0.671. The van der Waals surface area contributed by atoms with E-state index in [0.717, 1.165) is 0 Å². The number of nitrogens with one attached hydrogen (secondary N) is 2. The molecule has 202 valence electrons. The third-order valence-electron chi connectivity index (χ3n) is 7.89. The van der Waals surface area contributed by atoms with Crippen LogP contribution in [0.4, 0.5) is 0 Å². The van der Waals surface area contributed by atoms with Gasteiger partial charge in [0.15, 0.2) is 11.5 Å². The Morgan fingerprint density at radius 3 is 2.31 bits per heavy atom. The van der Waals surface area contributed by atoms with Gasteiger partial charge in [-0.05, 0) is 24.5 Å². The van der Waals surface area contributed by atoms with Gasteiger partial charge in [-0.3, -0.25) is 9.59 Å². The van der Waals surface area contributed by atoms with Crippen molar-refractivity contribution in [1.82, 2.24) is 14.9 Å². The SMILES string of the molecule is COC(=O)c1[nH]c2c(c1C(=O)OC)C13CC1CN(C(=O)c1cc4cc(OC)c(OC)c(OC)c4[nH]1)C3=CC2=O. The summed E-state index contributed by atoms with van der Waals surface area (Å²) < 4.78 is 26.2. The van der Waals surface area contributed by atoms with Crippen LogP contribution in [-0.2, 0) is 14.9 Å². The minimum atomic E-state index is -0.795. The van der Waals surface area contributed by atoms with Crippen LogP contribution < -0.4 is 14.2 Å². The number of aromatic nitrogens is 2. The lowest BCUT2D eigenvalue weighted by molar-refractivity contribution is 0.0551. The van der Waals surface area contributed by atoms with Crippen LogP contribution in [0.2, 0.25) is 0 Å². The molecule has 1 spiro atoms. The topological polar surface area (TPSA) is 149 Å². The number of H-pyrrole nitrogens is 2. The second kappa shape index (κ2) is 8.38. The molecular formula is C27H25N3O9. The fourth-order valence-electron chi connectivity index (χ4n) is 6.15. The van der Waals surface area contributed by atoms with E-state index < -0.39 is 23.1 Å². The first-order valence-electron chi connectivity index (χ1n) is 12.1. The number of amides is 1. The molecule has 1 saturated heterocycles. The Morgan fingerprint density at radius 2 is 1.67 bits per heavy atom. The van der Waals surface area contributed by atoms with Crippen molar-refractivity contribution in [2.75, 3.05) is 42.1 Å². The number of piperidine rings is 1. The third kappa shape index (κ3) is 3.11. The average Bonchev–Trinajstić information content (AvgIpc) is 3.26. The Labute approximate surface area is 221 Å². The van der Waals surface area contributed by atoms with Crippen LogP contribution in [0.3, 0.4) is 0 Å². The first-order valence-corrected chi connectivity index (χ1v) is 12.1. The van der Waals surface area contributed by atoms with Crippen molar-refractivity contribution < 1.29 is 42.9 Å². The zero-order valence-electron chi connectivity index (χ0n) is 21.8. The molecule has 12 heteroatoms. The van der Waals surface area contributed by atoms with Crippen molar-refractivity contribution in [2.24, 2.45) is 5.92 Å². The molecular weight excluding hydrogens is 510 g/mol. The minimum absolute atomic E-state index is 0.0374. The van der Waals surface area contributed by atoms with Gasteiger partial charge in [-0.2, -0.15) is 0 Å². The molecule has 2 fully saturated rings. The highest BCUT2D eigenvalue weighted by Gasteiger charge is 2.69. The van der Waals surface area contributed by atoms with E-state index in [9.17, 15) is 19.2 Å². The van der Waals surface area contributed by atoms with Gasteiger partial charge in [0, 0.05) is 34.7 Å². The minimum Gasteiger partial charge on any atom is -0.493 e. The van der Waals surface area contributed by atoms with Crippen LogP contribution in [0.1, 0.15) is 53.8 Å². The van der Waals surface area contributed by atoms with Crippen LogP contribution in [-0.4, -0.2) is 80.6 Å². The predicted octanol–water partition coefficient (Wildman–Crippen LogP) is 2.59. The lowest BCUT2D eigenvalue weighted by Gasteiger charge is -2.28. The van der Waals surface area contributed by atoms with E-state index in [4.69, 9.17) is 23.7 Å². The van der Waals surface area contributed by atoms with Crippen molar-refractivity contribution >= 4 is 34.5 Å². The molecule has 39 heavy (non-hydrogen) atoms. The maximum Gasteiger partial charge on any atom is 0.355 e. The van der Waals surface area contributed by atoms with E-state index in [-0.39, 0.29) is 34.5 Å². The highest BCUT2D eigenvalue weighted by atomic mass is 16.5. The predicted molar refractivity (Wildman–Crippen MR) is 135 cm³/mol. The smallest absolute Gasteiger partial charge is 0.355 e. The molecule has 3 heterocycles. The summed E-state index contributed by atoms with van der Waals surface area (Å²) in [6.45, 7) is 0.329. The van der Waals surface area contributed by atoms with Gasteiger partial charge in [0.05, 0.1) is 52.3 Å². The number of aromatic amines is 2. The van der Waals surface area contributed by atoms with Gasteiger partial charge in [-0.25, -0.2) is 9.59 Å². The fraction of sp³-hybridized carbons (Fsp3) is 0.333. The first kappa shape index (κ1) is 24.6. The van der Waals surface area contributed by atoms with Gasteiger partial charge in [-0.15, -0.1) is 0 Å². The van der Waals surface area contributed by atoms with Gasteiger partial charge in [0.25, 0.3) is 5.91 Å². The van der Waals surface area contributed by atoms with Crippen molar-refractivity contribution in [3.63, 3.8) is 0 Å². The number of esters is 2. The number of ether oxygens (including phenoxy) is 5. The second-order valence-corrected chi connectivity index (χ2v) is 9.58. The van der Waals surface area contributed by atoms with Gasteiger partial charge in [-0.1, -0.05) is 0 Å². The van der Waals surface area contributed by atoms with Crippen LogP contribution in [0.25, 0.3) is 10.9 Å². The van der Waals surface area contributed by atoms with Gasteiger partial charge >= 0.3 is 11.9 Å². The summed E-state index contributed by atoms with van der Waals surface area (Å²) in [5.74, 6) is -1.22. The quantitative estimate of drug-likeness (QED) is 0.454. The Bertz CT molecular complexity index is 1650. The van der Waals surface area contributed by atoms with Gasteiger partial charge in [0.1, 0.15) is 11.4 Å². The second-order valence-electron chi connectivity index (χ2n) is 9.58. The maximum atomic E-state index is 13.9. The average molecular weight is 536 g/mol. The summed E-state index contributed by atoms with van der Waals surface area (Å²) in [5.41, 5.74) is 0.855. The molecule has 2 atom stereocenters. The standard InChI is InChI=1S/C27H25N3O9/c1-35-15-7-11-6-13(28-19(11)23(37-3)22(15)36-2)24(32)30-10-12-9-27(12)16(30)8-14(31)20-18(27)17(25(33)38-4)21(29-20)26(34)39-5/h6-8,12,28-29H,9-10H2,1-5H3. The fourth-order valence-corrected chi connectivity index (χ4v) is 6.15. The highest BCUT2D eigenvalue weighted by molar-refractivity contribution is 6.14. The number of ketones is 1. The van der Waals surface area contributed by atoms with E-state index in [0.29, 0.717) is 52.4 Å². The number of benzene rings is 1. The molecule has 1 aromatic carbocycles. The number of carbonyl (C=O) groups is 4. The van der Waals surface area contributed by atoms with Crippen molar-refractivity contribution in [2.45, 2.75) is 11.8 Å². The van der Waals surface area contributed by atoms with Crippen LogP contribution >= 0.6 is 0 Å². The molecule has 1 saturated carbocycles. The van der Waals surface area contributed by atoms with Crippen molar-refractivity contribution in [3.05, 3.63) is 52.1 Å². The molecule has 3 aliphatic rings. The summed E-state index contributed by atoms with van der Waals surface area (Å²) in [6.07, 6.45) is 2.02. The number of allylic oxidation sites excluding steroid dienone is 2. The molecule has 1 amide bonds. The Kier molecular flexibility index (Phi) is 5.28. The number of carbonyl (C=O) groups excluding carboxylic acids is 4. The Morgan fingerprint density at radius 1 is 0.949 bits per heavy atom. The van der Waals surface area contributed by atoms with Gasteiger partial charge in [0.2, 0.25) is 11.5 Å². The lowest BCUT2D eigenvalue weighted by Crippen LogP contribution is -2.34. The molecule has 0 radical (unpaired) electrons. The van der Waals surface area contributed by atoms with E-state index in [1.165, 1.54) is 41.6 Å². The molecule has 6 rings (SSSR count). The van der Waals surface area contributed by atoms with Crippen molar-refractivity contribution in [1.29, 1.82) is 0 Å². The molecule has 1 aliphatic heterocycles. The Hall–Kier alpha value is -4.74. The number of nitrogens with zero attached hydrogens (tertiary/aromatic N) is 1. The first-order chi connectivity index (χ1) is 18.7. The maximum absolute atomic E-state index is 13.9. The molecule has 0 bridgehead atoms. The monoisotopic (exact) mass is 535 g/mol. The van der Waals surface area contributed by atoms with E-state index in [2.05, 4.69) is 9.97 Å². The van der Waals surface area contributed by atoms with Crippen molar-refractivity contribution in [3.8, 4) is 17.2 Å². The molecule has 3 aromatic rings. The van der Waals surface area contributed by atoms with E-state index in [1.54, 1.807) is 17.0 Å². The Balaban J connectivity index is 1.44. The number of hydrogen-bond donors (Lipinski definition) is 2. The lowest BCUT2D eigenvalue weighted by atomic mass is 9.82. The number of rotatable bonds is 6. The number of hydrogen-bond acceptors (Lipinski definition) is 9. The van der Waals surface area contributed by atoms with Crippen LogP contribution in [0.5, 0.6) is 17.2 Å². The zero-order chi connectivity index (χ0) is 27.8. The molecule has 2 unspecified atom stereocenters. The largest absolute Gasteiger partial charge is 0.493 e. The number of fused-ring (bicyclic) bond motifs is 2. The summed E-state index contributed by atoms with van der Waals surface area (Å²) in [7, 11) is 6.88. The number of likely N-dealkylation sites (tertiary alicyclic amines) is 1. The zero-order valence-corrected chi connectivity index (χ0v) is 21.8. The van der Waals surface area contributed by atoms with E-state index in [1.807, 2.05) is 0 Å². The highest BCUT2D eigenvalue weighted by Crippen LogP contribution is 2.67. The molecule has 2 N–H and O–H groups in total. The molecule has 2 aromatic heterocycles. The molecule has 12 nitrogen and oxygen atoms in total. The van der Waals surface area contributed by atoms with Crippen LogP contribution in [0.15, 0.2) is 23.9 Å². The molecule has 2 aliphatic carbocycles. The van der Waals surface area contributed by atoms with Gasteiger partial charge < -0.3 is 38.6 Å². The normalized spacial score (nSPS) is 20.5. The summed E-state index contributed by atoms with van der Waals surface area (Å²) in [6, 6.07) is 3.42.